The summed E-state index contributed by atoms with van der Waals surface area (Å²) in [5.74, 6) is 1.86. The van der Waals surface area contributed by atoms with Crippen molar-refractivity contribution in [2.75, 3.05) is 5.32 Å². The Labute approximate surface area is 200 Å². The van der Waals surface area contributed by atoms with Crippen LogP contribution in [0.1, 0.15) is 43.8 Å². The van der Waals surface area contributed by atoms with Crippen LogP contribution in [0.4, 0.5) is 5.69 Å². The summed E-state index contributed by atoms with van der Waals surface area (Å²) in [5, 5.41) is 5.75. The van der Waals surface area contributed by atoms with Crippen molar-refractivity contribution in [1.29, 1.82) is 0 Å². The molecule has 3 heterocycles. The lowest BCUT2D eigenvalue weighted by atomic mass is 10.2. The zero-order valence-electron chi connectivity index (χ0n) is 19.4. The molecule has 3 aromatic heterocycles. The Hall–Kier alpha value is -4.66. The van der Waals surface area contributed by atoms with Gasteiger partial charge < -0.3 is 24.5 Å². The predicted octanol–water partition coefficient (Wildman–Crippen LogP) is 4.92. The third-order valence-corrected chi connectivity index (χ3v) is 5.64. The minimum atomic E-state index is -0.260. The van der Waals surface area contributed by atoms with Gasteiger partial charge in [0.05, 0.1) is 29.4 Å². The van der Waals surface area contributed by atoms with Gasteiger partial charge in [-0.2, -0.15) is 0 Å². The molecular weight excluding hydrogens is 446 g/mol. The minimum Gasteiger partial charge on any atom is -0.469 e. The fraction of sp³-hybridized carbons (Fsp3) is 0.154. The number of hydrogen-bond donors (Lipinski definition) is 3. The topological polar surface area (TPSA) is 126 Å². The second kappa shape index (κ2) is 8.94. The molecule has 3 N–H and O–H groups in total. The van der Waals surface area contributed by atoms with Crippen LogP contribution in [0.15, 0.2) is 63.6 Å². The molecule has 5 aromatic rings. The maximum atomic E-state index is 12.7. The molecule has 0 spiro atoms. The second-order valence-corrected chi connectivity index (χ2v) is 8.18. The van der Waals surface area contributed by atoms with E-state index < -0.39 is 0 Å². The molecule has 0 aliphatic rings. The Morgan fingerprint density at radius 1 is 0.971 bits per heavy atom. The molecule has 2 amide bonds. The normalized spacial score (nSPS) is 11.1. The van der Waals surface area contributed by atoms with E-state index in [0.717, 1.165) is 16.9 Å². The number of aromatic nitrogens is 3. The summed E-state index contributed by atoms with van der Waals surface area (Å²) in [4.78, 5) is 37.2. The van der Waals surface area contributed by atoms with Gasteiger partial charge in [-0.15, -0.1) is 0 Å². The molecule has 0 bridgehead atoms. The van der Waals surface area contributed by atoms with E-state index in [4.69, 9.17) is 8.83 Å². The van der Waals surface area contributed by atoms with Crippen LogP contribution in [0.5, 0.6) is 0 Å². The van der Waals surface area contributed by atoms with E-state index in [1.165, 1.54) is 6.26 Å². The molecule has 0 aliphatic heterocycles. The van der Waals surface area contributed by atoms with E-state index in [9.17, 15) is 9.59 Å². The number of fused-ring (bicyclic) bond motifs is 1. The van der Waals surface area contributed by atoms with E-state index in [1.54, 1.807) is 44.2 Å². The van der Waals surface area contributed by atoms with Crippen molar-refractivity contribution < 1.29 is 18.4 Å². The van der Waals surface area contributed by atoms with Crippen LogP contribution >= 0.6 is 0 Å². The molecule has 35 heavy (non-hydrogen) atoms. The lowest BCUT2D eigenvalue weighted by Gasteiger charge is -2.05. The highest BCUT2D eigenvalue weighted by Gasteiger charge is 2.16. The average molecular weight is 470 g/mol. The fourth-order valence-electron chi connectivity index (χ4n) is 3.81. The van der Waals surface area contributed by atoms with Crippen molar-refractivity contribution in [2.24, 2.45) is 0 Å². The van der Waals surface area contributed by atoms with Crippen LogP contribution in [0, 0.1) is 20.8 Å². The summed E-state index contributed by atoms with van der Waals surface area (Å²) in [6, 6.07) is 14.2. The van der Waals surface area contributed by atoms with Crippen LogP contribution in [-0.2, 0) is 6.54 Å². The van der Waals surface area contributed by atoms with Crippen LogP contribution < -0.4 is 10.6 Å². The molecule has 0 radical (unpaired) electrons. The number of hydrogen-bond acceptors (Lipinski definition) is 6. The van der Waals surface area contributed by atoms with Gasteiger partial charge in [0.15, 0.2) is 0 Å². The van der Waals surface area contributed by atoms with E-state index >= 15 is 0 Å². The maximum Gasteiger partial charge on any atom is 0.259 e. The summed E-state index contributed by atoms with van der Waals surface area (Å²) in [7, 11) is 0. The highest BCUT2D eigenvalue weighted by atomic mass is 16.4. The number of aryl methyl sites for hydroxylation is 3. The number of aromatic amines is 1. The Bertz CT molecular complexity index is 1560. The van der Waals surface area contributed by atoms with Crippen molar-refractivity contribution in [3.8, 4) is 11.5 Å². The molecule has 0 fully saturated rings. The molecule has 5 rings (SSSR count). The average Bonchev–Trinajstić information content (AvgIpc) is 3.54. The molecule has 176 valence electrons. The lowest BCUT2D eigenvalue weighted by molar-refractivity contribution is 0.0949. The zero-order chi connectivity index (χ0) is 24.5. The third kappa shape index (κ3) is 4.56. The van der Waals surface area contributed by atoms with Crippen molar-refractivity contribution in [1.82, 2.24) is 20.3 Å². The van der Waals surface area contributed by atoms with Crippen LogP contribution in [0.25, 0.3) is 22.5 Å². The van der Waals surface area contributed by atoms with Crippen molar-refractivity contribution >= 4 is 28.5 Å². The van der Waals surface area contributed by atoms with Crippen molar-refractivity contribution in [2.45, 2.75) is 27.3 Å². The smallest absolute Gasteiger partial charge is 0.259 e. The largest absolute Gasteiger partial charge is 0.469 e. The van der Waals surface area contributed by atoms with Gasteiger partial charge in [0.2, 0.25) is 5.89 Å². The van der Waals surface area contributed by atoms with Gasteiger partial charge in [0.1, 0.15) is 23.0 Å². The summed E-state index contributed by atoms with van der Waals surface area (Å²) >= 11 is 0. The van der Waals surface area contributed by atoms with Crippen molar-refractivity contribution in [3.05, 3.63) is 89.0 Å². The van der Waals surface area contributed by atoms with Crippen molar-refractivity contribution in [3.63, 3.8) is 0 Å². The van der Waals surface area contributed by atoms with E-state index in [1.807, 2.05) is 25.1 Å². The van der Waals surface area contributed by atoms with Gasteiger partial charge in [0, 0.05) is 16.8 Å². The molecule has 9 nitrogen and oxygen atoms in total. The summed E-state index contributed by atoms with van der Waals surface area (Å²) in [6.45, 7) is 5.61. The number of oxazole rings is 1. The number of rotatable bonds is 6. The van der Waals surface area contributed by atoms with Gasteiger partial charge in [-0.25, -0.2) is 9.97 Å². The summed E-state index contributed by atoms with van der Waals surface area (Å²) in [5.41, 5.74) is 4.55. The standard InChI is InChI=1S/C26H23N5O4/c1-14-20(9-10-34-14)25(33)30-19-6-4-5-18(11-19)26-31-23(15(2)35-26)13-27-24(32)17-7-8-21-22(12-17)29-16(3)28-21/h4-12H,13H2,1-3H3,(H,27,32)(H,28,29)(H,30,33). The Balaban J connectivity index is 1.28. The lowest BCUT2D eigenvalue weighted by Crippen LogP contribution is -2.23. The van der Waals surface area contributed by atoms with Gasteiger partial charge in [-0.1, -0.05) is 6.07 Å². The Morgan fingerprint density at radius 2 is 1.83 bits per heavy atom. The molecular formula is C26H23N5O4. The Morgan fingerprint density at radius 3 is 2.63 bits per heavy atom. The molecule has 0 saturated carbocycles. The first-order valence-electron chi connectivity index (χ1n) is 11.0. The number of H-pyrrole nitrogens is 1. The first-order valence-corrected chi connectivity index (χ1v) is 11.0. The molecule has 0 saturated heterocycles. The number of anilines is 1. The molecule has 9 heteroatoms. The zero-order valence-corrected chi connectivity index (χ0v) is 19.4. The number of nitrogens with one attached hydrogen (secondary N) is 3. The first-order chi connectivity index (χ1) is 16.9. The van der Waals surface area contributed by atoms with Gasteiger partial charge >= 0.3 is 0 Å². The Kier molecular flexibility index (Phi) is 5.66. The van der Waals surface area contributed by atoms with Gasteiger partial charge in [-0.3, -0.25) is 9.59 Å². The summed E-state index contributed by atoms with van der Waals surface area (Å²) in [6.07, 6.45) is 1.48. The number of carbonyl (C=O) groups excluding carboxylic acids is 2. The SMILES string of the molecule is Cc1nc2ccc(C(=O)NCc3nc(-c4cccc(NC(=O)c5ccoc5C)c4)oc3C)cc2[nH]1. The number of nitrogens with zero attached hydrogens (tertiary/aromatic N) is 2. The number of imidazole rings is 1. The predicted molar refractivity (Wildman–Crippen MR) is 130 cm³/mol. The fourth-order valence-corrected chi connectivity index (χ4v) is 3.81. The van der Waals surface area contributed by atoms with E-state index in [0.29, 0.717) is 45.5 Å². The van der Waals surface area contributed by atoms with Gasteiger partial charge in [0.25, 0.3) is 11.8 Å². The van der Waals surface area contributed by atoms with E-state index in [2.05, 4.69) is 25.6 Å². The molecule has 0 atom stereocenters. The number of benzene rings is 2. The number of carbonyl (C=O) groups is 2. The van der Waals surface area contributed by atoms with E-state index in [-0.39, 0.29) is 18.4 Å². The summed E-state index contributed by atoms with van der Waals surface area (Å²) < 4.78 is 11.0. The third-order valence-electron chi connectivity index (χ3n) is 5.64. The monoisotopic (exact) mass is 469 g/mol. The highest BCUT2D eigenvalue weighted by molar-refractivity contribution is 6.05. The maximum absolute atomic E-state index is 12.7. The molecule has 0 aliphatic carbocycles. The number of furan rings is 1. The van der Waals surface area contributed by atoms with Crippen LogP contribution in [0.3, 0.4) is 0 Å². The molecule has 2 aromatic carbocycles. The second-order valence-electron chi connectivity index (χ2n) is 8.18. The van der Waals surface area contributed by atoms with Gasteiger partial charge in [-0.05, 0) is 63.2 Å². The quantitative estimate of drug-likeness (QED) is 0.324. The van der Waals surface area contributed by atoms with Crippen LogP contribution in [0.2, 0.25) is 0 Å². The highest BCUT2D eigenvalue weighted by Crippen LogP contribution is 2.25. The first kappa shape index (κ1) is 22.1. The molecule has 0 unspecified atom stereocenters. The van der Waals surface area contributed by atoms with Crippen LogP contribution in [-0.4, -0.2) is 26.8 Å². The number of amides is 2. The minimum absolute atomic E-state index is 0.213.